The van der Waals surface area contributed by atoms with Crippen molar-refractivity contribution in [3.8, 4) is 0 Å². The minimum atomic E-state index is 0.282. The molecule has 18 heavy (non-hydrogen) atoms. The van der Waals surface area contributed by atoms with Gasteiger partial charge in [0.15, 0.2) is 0 Å². The lowest BCUT2D eigenvalue weighted by Gasteiger charge is -2.28. The third kappa shape index (κ3) is 2.26. The van der Waals surface area contributed by atoms with Gasteiger partial charge in [0, 0.05) is 5.92 Å². The van der Waals surface area contributed by atoms with E-state index in [-0.39, 0.29) is 6.04 Å². The Kier molecular flexibility index (Phi) is 3.78. The predicted octanol–water partition coefficient (Wildman–Crippen LogP) is 3.65. The molecular formula is C14H20BrNO2. The quantitative estimate of drug-likeness (QED) is 0.901. The Morgan fingerprint density at radius 3 is 2.94 bits per heavy atom. The van der Waals surface area contributed by atoms with Gasteiger partial charge in [-0.05, 0) is 54.2 Å². The van der Waals surface area contributed by atoms with Crippen LogP contribution in [0.25, 0.3) is 0 Å². The number of rotatable bonds is 5. The first-order valence-electron chi connectivity index (χ1n) is 6.91. The Hall–Kier alpha value is -0.320. The van der Waals surface area contributed by atoms with Gasteiger partial charge in [-0.2, -0.15) is 0 Å². The van der Waals surface area contributed by atoms with Gasteiger partial charge < -0.3 is 14.5 Å². The molecular weight excluding hydrogens is 294 g/mol. The van der Waals surface area contributed by atoms with E-state index in [2.05, 4.69) is 28.2 Å². The second-order valence-corrected chi connectivity index (χ2v) is 6.19. The molecule has 1 aromatic rings. The van der Waals surface area contributed by atoms with E-state index in [1.54, 1.807) is 6.26 Å². The largest absolute Gasteiger partial charge is 0.466 e. The summed E-state index contributed by atoms with van der Waals surface area (Å²) in [5.74, 6) is 1.59. The lowest BCUT2D eigenvalue weighted by atomic mass is 9.83. The maximum absolute atomic E-state index is 5.99. The molecule has 0 saturated carbocycles. The van der Waals surface area contributed by atoms with E-state index in [0.717, 1.165) is 23.2 Å². The highest BCUT2D eigenvalue weighted by atomic mass is 79.9. The van der Waals surface area contributed by atoms with E-state index in [0.29, 0.717) is 18.1 Å². The van der Waals surface area contributed by atoms with Gasteiger partial charge in [0.25, 0.3) is 0 Å². The van der Waals surface area contributed by atoms with Crippen LogP contribution in [0.4, 0.5) is 0 Å². The summed E-state index contributed by atoms with van der Waals surface area (Å²) in [5, 5.41) is 3.64. The average molecular weight is 314 g/mol. The Labute approximate surface area is 116 Å². The second kappa shape index (κ2) is 5.35. The van der Waals surface area contributed by atoms with Crippen molar-refractivity contribution in [2.75, 3.05) is 6.54 Å². The Balaban J connectivity index is 1.79. The van der Waals surface area contributed by atoms with Crippen LogP contribution in [0, 0.1) is 5.92 Å². The molecule has 2 fully saturated rings. The molecule has 2 bridgehead atoms. The van der Waals surface area contributed by atoms with Gasteiger partial charge in [-0.1, -0.05) is 6.92 Å². The molecule has 3 nitrogen and oxygen atoms in total. The van der Waals surface area contributed by atoms with Crippen LogP contribution in [-0.2, 0) is 4.74 Å². The number of fused-ring (bicyclic) bond motifs is 2. The summed E-state index contributed by atoms with van der Waals surface area (Å²) in [6.07, 6.45) is 7.41. The summed E-state index contributed by atoms with van der Waals surface area (Å²) in [4.78, 5) is 0. The van der Waals surface area contributed by atoms with Gasteiger partial charge in [-0.15, -0.1) is 0 Å². The molecule has 4 unspecified atom stereocenters. The van der Waals surface area contributed by atoms with Crippen molar-refractivity contribution >= 4 is 15.9 Å². The van der Waals surface area contributed by atoms with Gasteiger partial charge in [-0.3, -0.25) is 0 Å². The molecule has 0 amide bonds. The fourth-order valence-corrected chi connectivity index (χ4v) is 3.74. The molecule has 2 saturated heterocycles. The number of furan rings is 1. The highest BCUT2D eigenvalue weighted by Gasteiger charge is 2.45. The average Bonchev–Trinajstić information content (AvgIpc) is 3.07. The normalized spacial score (nSPS) is 32.0. The third-order valence-corrected chi connectivity index (χ3v) is 4.78. The van der Waals surface area contributed by atoms with Crippen molar-refractivity contribution in [2.45, 2.75) is 50.9 Å². The Morgan fingerprint density at radius 2 is 2.39 bits per heavy atom. The summed E-state index contributed by atoms with van der Waals surface area (Å²) in [6, 6.07) is 2.26. The van der Waals surface area contributed by atoms with E-state index in [4.69, 9.17) is 9.15 Å². The zero-order chi connectivity index (χ0) is 12.5. The van der Waals surface area contributed by atoms with Crippen molar-refractivity contribution in [1.29, 1.82) is 0 Å². The second-order valence-electron chi connectivity index (χ2n) is 5.34. The number of halogens is 1. The van der Waals surface area contributed by atoms with Gasteiger partial charge in [0.1, 0.15) is 5.76 Å². The zero-order valence-corrected chi connectivity index (χ0v) is 12.3. The van der Waals surface area contributed by atoms with E-state index in [1.807, 2.05) is 6.07 Å². The molecule has 2 aliphatic heterocycles. The standard InChI is InChI=1S/C14H20BrNO2/c1-2-6-16-13(14-11(15)5-7-17-14)10-8-9-3-4-12(10)18-9/h5,7,9-10,12-13,16H,2-4,6,8H2,1H3. The topological polar surface area (TPSA) is 34.4 Å². The molecule has 100 valence electrons. The molecule has 1 N–H and O–H groups in total. The summed E-state index contributed by atoms with van der Waals surface area (Å²) in [5.41, 5.74) is 0. The minimum Gasteiger partial charge on any atom is -0.466 e. The van der Waals surface area contributed by atoms with Gasteiger partial charge in [-0.25, -0.2) is 0 Å². The maximum atomic E-state index is 5.99. The summed E-state index contributed by atoms with van der Waals surface area (Å²) < 4.78 is 12.7. The Bertz CT molecular complexity index is 406. The highest BCUT2D eigenvalue weighted by molar-refractivity contribution is 9.10. The van der Waals surface area contributed by atoms with Gasteiger partial charge in [0.2, 0.25) is 0 Å². The molecule has 0 radical (unpaired) electrons. The van der Waals surface area contributed by atoms with Crippen LogP contribution in [0.1, 0.15) is 44.4 Å². The first-order valence-corrected chi connectivity index (χ1v) is 7.70. The van der Waals surface area contributed by atoms with Crippen molar-refractivity contribution in [2.24, 2.45) is 5.92 Å². The van der Waals surface area contributed by atoms with E-state index in [9.17, 15) is 0 Å². The summed E-state index contributed by atoms with van der Waals surface area (Å²) in [6.45, 7) is 3.21. The van der Waals surface area contributed by atoms with Crippen LogP contribution in [0.5, 0.6) is 0 Å². The fourth-order valence-electron chi connectivity index (χ4n) is 3.29. The smallest absolute Gasteiger partial charge is 0.135 e. The van der Waals surface area contributed by atoms with Gasteiger partial charge in [0.05, 0.1) is 29.0 Å². The van der Waals surface area contributed by atoms with Crippen LogP contribution >= 0.6 is 15.9 Å². The minimum absolute atomic E-state index is 0.282. The number of hydrogen-bond acceptors (Lipinski definition) is 3. The monoisotopic (exact) mass is 313 g/mol. The highest BCUT2D eigenvalue weighted by Crippen LogP contribution is 2.45. The van der Waals surface area contributed by atoms with Crippen LogP contribution in [-0.4, -0.2) is 18.8 Å². The van der Waals surface area contributed by atoms with E-state index < -0.39 is 0 Å². The van der Waals surface area contributed by atoms with Crippen molar-refractivity contribution in [3.63, 3.8) is 0 Å². The van der Waals surface area contributed by atoms with Crippen molar-refractivity contribution in [3.05, 3.63) is 22.6 Å². The summed E-state index contributed by atoms with van der Waals surface area (Å²) in [7, 11) is 0. The van der Waals surface area contributed by atoms with E-state index in [1.165, 1.54) is 19.3 Å². The van der Waals surface area contributed by atoms with Crippen LogP contribution in [0.15, 0.2) is 21.2 Å². The maximum Gasteiger partial charge on any atom is 0.135 e. The molecule has 1 aromatic heterocycles. The SMILES string of the molecule is CCCNC(c1occc1Br)C1CC2CCC1O2. The van der Waals surface area contributed by atoms with Crippen LogP contribution < -0.4 is 5.32 Å². The Morgan fingerprint density at radius 1 is 1.50 bits per heavy atom. The molecule has 0 aromatic carbocycles. The lowest BCUT2D eigenvalue weighted by Crippen LogP contribution is -2.34. The molecule has 0 spiro atoms. The molecule has 4 atom stereocenters. The third-order valence-electron chi connectivity index (χ3n) is 4.12. The molecule has 0 aliphatic carbocycles. The predicted molar refractivity (Wildman–Crippen MR) is 73.4 cm³/mol. The molecule has 2 aliphatic rings. The van der Waals surface area contributed by atoms with Crippen LogP contribution in [0.2, 0.25) is 0 Å². The van der Waals surface area contributed by atoms with Crippen molar-refractivity contribution < 1.29 is 9.15 Å². The first-order chi connectivity index (χ1) is 8.79. The fraction of sp³-hybridized carbons (Fsp3) is 0.714. The van der Waals surface area contributed by atoms with Crippen molar-refractivity contribution in [1.82, 2.24) is 5.32 Å². The van der Waals surface area contributed by atoms with Gasteiger partial charge >= 0.3 is 0 Å². The number of nitrogens with one attached hydrogen (secondary N) is 1. The van der Waals surface area contributed by atoms with Crippen LogP contribution in [0.3, 0.4) is 0 Å². The molecule has 4 heteroatoms. The van der Waals surface area contributed by atoms with E-state index >= 15 is 0 Å². The number of ether oxygens (including phenoxy) is 1. The lowest BCUT2D eigenvalue weighted by molar-refractivity contribution is 0.0836. The molecule has 3 heterocycles. The number of hydrogen-bond donors (Lipinski definition) is 1. The zero-order valence-electron chi connectivity index (χ0n) is 10.7. The summed E-state index contributed by atoms with van der Waals surface area (Å²) >= 11 is 3.58. The first kappa shape index (κ1) is 12.7. The molecule has 3 rings (SSSR count).